The van der Waals surface area contributed by atoms with E-state index in [1.807, 2.05) is 11.8 Å². The monoisotopic (exact) mass is 633 g/mol. The van der Waals surface area contributed by atoms with Gasteiger partial charge in [-0.1, -0.05) is 101 Å². The third-order valence-electron chi connectivity index (χ3n) is 9.95. The van der Waals surface area contributed by atoms with Crippen molar-refractivity contribution in [2.75, 3.05) is 32.8 Å². The Bertz CT molecular complexity index is 1630. The fourth-order valence-electron chi connectivity index (χ4n) is 7.00. The first kappa shape index (κ1) is 32.9. The Balaban J connectivity index is 1.14. The maximum Gasteiger partial charge on any atom is 0.135 e. The number of hydrogen-bond acceptors (Lipinski definition) is 3. The number of fused-ring (bicyclic) bond motifs is 2. The lowest BCUT2D eigenvalue weighted by Gasteiger charge is -2.33. The molecule has 2 heterocycles. The first-order valence-corrected chi connectivity index (χ1v) is 17.9. The van der Waals surface area contributed by atoms with Gasteiger partial charge in [0.2, 0.25) is 0 Å². The zero-order valence-electron chi connectivity index (χ0n) is 29.3. The number of benzene rings is 4. The van der Waals surface area contributed by atoms with Gasteiger partial charge >= 0.3 is 0 Å². The van der Waals surface area contributed by atoms with Crippen LogP contribution in [0.4, 0.5) is 0 Å². The SMILES string of the molecule is CC(C)(C)Oc1ccc(C(C)(C)c2ccc(Cc3ccc(Sc4ccc(C(C)(C)C)cc4)cc3)cc2)cc1C[N+]12CCN(CC1)C2. The Kier molecular flexibility index (Phi) is 8.95. The first-order chi connectivity index (χ1) is 21.7. The van der Waals surface area contributed by atoms with Gasteiger partial charge in [0.25, 0.3) is 0 Å². The normalized spacial score (nSPS) is 19.9. The quantitative estimate of drug-likeness (QED) is 0.170. The van der Waals surface area contributed by atoms with E-state index in [1.54, 1.807) is 0 Å². The van der Waals surface area contributed by atoms with Crippen molar-refractivity contribution < 1.29 is 9.22 Å². The van der Waals surface area contributed by atoms with Crippen molar-refractivity contribution in [3.8, 4) is 5.75 Å². The smallest absolute Gasteiger partial charge is 0.135 e. The van der Waals surface area contributed by atoms with Crippen LogP contribution in [0, 0.1) is 0 Å². The molecule has 0 spiro atoms. The van der Waals surface area contributed by atoms with Gasteiger partial charge in [0, 0.05) is 20.8 Å². The van der Waals surface area contributed by atoms with Crippen molar-refractivity contribution in [3.05, 3.63) is 124 Å². The molecule has 2 fully saturated rings. The Morgan fingerprint density at radius 3 is 1.70 bits per heavy atom. The molecule has 242 valence electrons. The summed E-state index contributed by atoms with van der Waals surface area (Å²) in [7, 11) is 0. The van der Waals surface area contributed by atoms with Gasteiger partial charge in [-0.15, -0.1) is 0 Å². The van der Waals surface area contributed by atoms with Gasteiger partial charge in [-0.05, 0) is 96.8 Å². The van der Waals surface area contributed by atoms with E-state index >= 15 is 0 Å². The van der Waals surface area contributed by atoms with E-state index in [2.05, 4.69) is 151 Å². The lowest BCUT2D eigenvalue weighted by atomic mass is 9.77. The zero-order valence-corrected chi connectivity index (χ0v) is 30.1. The van der Waals surface area contributed by atoms with Gasteiger partial charge in [0.1, 0.15) is 24.6 Å². The third-order valence-corrected chi connectivity index (χ3v) is 11.0. The summed E-state index contributed by atoms with van der Waals surface area (Å²) in [6.07, 6.45) is 0.936. The highest BCUT2D eigenvalue weighted by Crippen LogP contribution is 2.38. The number of ether oxygens (including phenoxy) is 1. The van der Waals surface area contributed by atoms with E-state index in [-0.39, 0.29) is 16.4 Å². The van der Waals surface area contributed by atoms with E-state index in [1.165, 1.54) is 80.5 Å². The average molecular weight is 634 g/mol. The van der Waals surface area contributed by atoms with E-state index in [4.69, 9.17) is 4.74 Å². The van der Waals surface area contributed by atoms with Gasteiger partial charge in [0.15, 0.2) is 0 Å². The van der Waals surface area contributed by atoms with Crippen LogP contribution in [0.25, 0.3) is 0 Å². The molecule has 4 aromatic rings. The molecule has 0 N–H and O–H groups in total. The van der Waals surface area contributed by atoms with E-state index in [9.17, 15) is 0 Å². The molecule has 46 heavy (non-hydrogen) atoms. The molecule has 0 radical (unpaired) electrons. The van der Waals surface area contributed by atoms with Gasteiger partial charge in [-0.3, -0.25) is 0 Å². The molecule has 4 heteroatoms. The maximum atomic E-state index is 6.52. The molecular weight excluding hydrogens is 581 g/mol. The van der Waals surface area contributed by atoms with Crippen molar-refractivity contribution in [1.29, 1.82) is 0 Å². The largest absolute Gasteiger partial charge is 0.488 e. The van der Waals surface area contributed by atoms with Crippen molar-refractivity contribution in [1.82, 2.24) is 4.90 Å². The van der Waals surface area contributed by atoms with Gasteiger partial charge in [-0.25, -0.2) is 4.90 Å². The molecule has 2 aliphatic heterocycles. The molecule has 0 amide bonds. The van der Waals surface area contributed by atoms with Crippen LogP contribution in [0.5, 0.6) is 5.75 Å². The van der Waals surface area contributed by atoms with Crippen molar-refractivity contribution in [2.24, 2.45) is 0 Å². The first-order valence-electron chi connectivity index (χ1n) is 17.0. The highest BCUT2D eigenvalue weighted by molar-refractivity contribution is 7.99. The minimum Gasteiger partial charge on any atom is -0.488 e. The van der Waals surface area contributed by atoms with E-state index < -0.39 is 0 Å². The average Bonchev–Trinajstić information content (AvgIpc) is 3.59. The van der Waals surface area contributed by atoms with Crippen LogP contribution in [-0.2, 0) is 23.8 Å². The molecular formula is C42H53N2OS+. The minimum absolute atomic E-state index is 0.112. The van der Waals surface area contributed by atoms with Crippen LogP contribution in [0.3, 0.4) is 0 Å². The number of quaternary nitrogens is 1. The summed E-state index contributed by atoms with van der Waals surface area (Å²) in [4.78, 5) is 5.17. The Morgan fingerprint density at radius 2 is 1.17 bits per heavy atom. The molecule has 6 rings (SSSR count). The zero-order chi connectivity index (χ0) is 32.7. The van der Waals surface area contributed by atoms with Crippen LogP contribution >= 0.6 is 11.8 Å². The number of rotatable bonds is 9. The predicted molar refractivity (Wildman–Crippen MR) is 194 cm³/mol. The predicted octanol–water partition coefficient (Wildman–Crippen LogP) is 9.83. The van der Waals surface area contributed by atoms with Crippen molar-refractivity contribution >= 4 is 11.8 Å². The summed E-state index contributed by atoms with van der Waals surface area (Å²) in [5, 5.41) is 0. The Morgan fingerprint density at radius 1 is 0.652 bits per heavy atom. The topological polar surface area (TPSA) is 12.5 Å². The van der Waals surface area contributed by atoms with E-state index in [0.29, 0.717) is 0 Å². The fourth-order valence-corrected chi connectivity index (χ4v) is 7.82. The summed E-state index contributed by atoms with van der Waals surface area (Å²) in [5.74, 6) is 1.04. The summed E-state index contributed by atoms with van der Waals surface area (Å²) in [6, 6.07) is 34.3. The molecule has 3 nitrogen and oxygen atoms in total. The van der Waals surface area contributed by atoms with Crippen LogP contribution in [0.2, 0.25) is 0 Å². The van der Waals surface area contributed by atoms with Crippen molar-refractivity contribution in [2.45, 2.75) is 94.6 Å². The Labute approximate surface area is 282 Å². The summed E-state index contributed by atoms with van der Waals surface area (Å²) < 4.78 is 7.69. The minimum atomic E-state index is -0.221. The van der Waals surface area contributed by atoms with Gasteiger partial charge in [0.05, 0.1) is 26.2 Å². The summed E-state index contributed by atoms with van der Waals surface area (Å²) in [6.45, 7) is 25.1. The maximum absolute atomic E-state index is 6.52. The molecule has 0 aromatic heterocycles. The second-order valence-electron chi connectivity index (χ2n) is 16.3. The molecule has 2 bridgehead atoms. The lowest BCUT2D eigenvalue weighted by Crippen LogP contribution is -2.44. The van der Waals surface area contributed by atoms with Crippen LogP contribution < -0.4 is 4.74 Å². The number of hydrogen-bond donors (Lipinski definition) is 0. The standard InChI is InChI=1S/C42H53N2OS/c1-40(2,3)34-15-20-38(21-16-34)46-37-18-11-32(12-19-37)27-31-9-13-35(14-10-31)42(7,8)36-17-22-39(45-41(4,5)6)33(28-36)29-44-25-23-43(30-44)24-26-44/h9-22,28H,23-27,29-30H2,1-8H3/q+1. The molecule has 2 aliphatic rings. The fraction of sp³-hybridized carbons (Fsp3) is 0.429. The number of piperazine rings is 1. The van der Waals surface area contributed by atoms with E-state index in [0.717, 1.165) is 18.7 Å². The molecule has 2 saturated heterocycles. The van der Waals surface area contributed by atoms with Crippen molar-refractivity contribution in [3.63, 3.8) is 0 Å². The number of nitrogens with zero attached hydrogens (tertiary/aromatic N) is 2. The lowest BCUT2D eigenvalue weighted by molar-refractivity contribution is -0.921. The Hall–Kier alpha value is -3.05. The molecule has 0 atom stereocenters. The van der Waals surface area contributed by atoms with Crippen LogP contribution in [-0.4, -0.2) is 47.8 Å². The molecule has 0 unspecified atom stereocenters. The van der Waals surface area contributed by atoms with Crippen LogP contribution in [0.1, 0.15) is 88.8 Å². The highest BCUT2D eigenvalue weighted by atomic mass is 32.2. The summed E-state index contributed by atoms with van der Waals surface area (Å²) >= 11 is 1.83. The van der Waals surface area contributed by atoms with Crippen LogP contribution in [0.15, 0.2) is 101 Å². The molecule has 4 aromatic carbocycles. The van der Waals surface area contributed by atoms with Gasteiger partial charge < -0.3 is 9.22 Å². The summed E-state index contributed by atoms with van der Waals surface area (Å²) in [5.41, 5.74) is 7.96. The second kappa shape index (κ2) is 12.5. The highest BCUT2D eigenvalue weighted by Gasteiger charge is 2.43. The van der Waals surface area contributed by atoms with Gasteiger partial charge in [-0.2, -0.15) is 0 Å². The second-order valence-corrected chi connectivity index (χ2v) is 17.4. The third kappa shape index (κ3) is 7.56. The molecule has 0 saturated carbocycles. The molecule has 0 aliphatic carbocycles.